The van der Waals surface area contributed by atoms with E-state index < -0.39 is 0 Å². The average Bonchev–Trinajstić information content (AvgIpc) is 2.04. The number of hydrogen-bond donors (Lipinski definition) is 0. The zero-order valence-electron chi connectivity index (χ0n) is 8.66. The molecule has 1 fully saturated rings. The van der Waals surface area contributed by atoms with Crippen LogP contribution in [0.3, 0.4) is 0 Å². The Hall–Kier alpha value is -0.590. The van der Waals surface area contributed by atoms with Crippen LogP contribution in [0.4, 0.5) is 0 Å². The van der Waals surface area contributed by atoms with Crippen LogP contribution in [-0.2, 0) is 4.74 Å². The smallest absolute Gasteiger partial charge is 0.0977 e. The number of ether oxygens (including phenoxy) is 1. The van der Waals surface area contributed by atoms with Crippen molar-refractivity contribution in [3.8, 4) is 6.07 Å². The van der Waals surface area contributed by atoms with Gasteiger partial charge in [0.1, 0.15) is 0 Å². The van der Waals surface area contributed by atoms with Crippen LogP contribution in [-0.4, -0.2) is 36.2 Å². The van der Waals surface area contributed by atoms with Crippen molar-refractivity contribution < 1.29 is 4.74 Å². The fourth-order valence-electron chi connectivity index (χ4n) is 1.90. The van der Waals surface area contributed by atoms with Crippen molar-refractivity contribution in [3.63, 3.8) is 0 Å². The van der Waals surface area contributed by atoms with E-state index in [2.05, 4.69) is 31.7 Å². The number of rotatable bonds is 2. The quantitative estimate of drug-likeness (QED) is 0.647. The molecule has 0 saturated carbocycles. The van der Waals surface area contributed by atoms with E-state index in [0.29, 0.717) is 0 Å². The predicted octanol–water partition coefficient (Wildman–Crippen LogP) is 1.40. The van der Waals surface area contributed by atoms with Crippen molar-refractivity contribution in [3.05, 3.63) is 0 Å². The lowest BCUT2D eigenvalue weighted by Crippen LogP contribution is -2.49. The summed E-state index contributed by atoms with van der Waals surface area (Å²) in [7, 11) is 0. The first kappa shape index (κ1) is 10.5. The molecule has 0 radical (unpaired) electrons. The zero-order chi connectivity index (χ0) is 9.84. The largest absolute Gasteiger partial charge is 0.373 e. The fourth-order valence-corrected chi connectivity index (χ4v) is 1.90. The molecule has 1 aliphatic rings. The summed E-state index contributed by atoms with van der Waals surface area (Å²) >= 11 is 0. The maximum absolute atomic E-state index is 8.92. The standard InChI is InChI=1S/C10H18N2O/c1-4-10(5-11)12-6-8(2)13-9(3)7-12/h8-10H,4,6-7H2,1-3H3. The molecule has 3 unspecified atom stereocenters. The molecule has 0 aromatic heterocycles. The van der Waals surface area contributed by atoms with Gasteiger partial charge in [-0.05, 0) is 20.3 Å². The molecule has 3 heteroatoms. The van der Waals surface area contributed by atoms with Crippen LogP contribution in [0.25, 0.3) is 0 Å². The van der Waals surface area contributed by atoms with Gasteiger partial charge in [0.2, 0.25) is 0 Å². The summed E-state index contributed by atoms with van der Waals surface area (Å²) in [6.45, 7) is 7.95. The summed E-state index contributed by atoms with van der Waals surface area (Å²) in [6, 6.07) is 2.40. The average molecular weight is 182 g/mol. The van der Waals surface area contributed by atoms with E-state index in [1.54, 1.807) is 0 Å². The van der Waals surface area contributed by atoms with Gasteiger partial charge in [-0.15, -0.1) is 0 Å². The van der Waals surface area contributed by atoms with E-state index in [4.69, 9.17) is 10.00 Å². The molecule has 0 amide bonds. The zero-order valence-corrected chi connectivity index (χ0v) is 8.66. The third kappa shape index (κ3) is 2.68. The Bertz CT molecular complexity index is 190. The summed E-state index contributed by atoms with van der Waals surface area (Å²) in [4.78, 5) is 2.22. The molecule has 0 aromatic carbocycles. The molecule has 3 atom stereocenters. The van der Waals surface area contributed by atoms with E-state index in [-0.39, 0.29) is 18.2 Å². The van der Waals surface area contributed by atoms with Gasteiger partial charge in [-0.3, -0.25) is 4.90 Å². The number of nitriles is 1. The monoisotopic (exact) mass is 182 g/mol. The van der Waals surface area contributed by atoms with Crippen molar-refractivity contribution in [1.29, 1.82) is 5.26 Å². The van der Waals surface area contributed by atoms with Gasteiger partial charge < -0.3 is 4.74 Å². The van der Waals surface area contributed by atoms with Gasteiger partial charge in [-0.2, -0.15) is 5.26 Å². The topological polar surface area (TPSA) is 36.3 Å². The molecule has 0 aromatic rings. The first-order chi connectivity index (χ1) is 6.17. The molecule has 1 aliphatic heterocycles. The SMILES string of the molecule is CCC(C#N)N1CC(C)OC(C)C1. The molecule has 3 nitrogen and oxygen atoms in total. The number of hydrogen-bond acceptors (Lipinski definition) is 3. The lowest BCUT2D eigenvalue weighted by atomic mass is 10.1. The molecule has 0 spiro atoms. The summed E-state index contributed by atoms with van der Waals surface area (Å²) in [5.41, 5.74) is 0. The van der Waals surface area contributed by atoms with Crippen molar-refractivity contribution in [2.24, 2.45) is 0 Å². The predicted molar refractivity (Wildman–Crippen MR) is 51.3 cm³/mol. The molecule has 0 aliphatic carbocycles. The van der Waals surface area contributed by atoms with Crippen molar-refractivity contribution in [2.75, 3.05) is 13.1 Å². The van der Waals surface area contributed by atoms with E-state index in [9.17, 15) is 0 Å². The minimum atomic E-state index is 0.0637. The molecular weight excluding hydrogens is 164 g/mol. The fraction of sp³-hybridized carbons (Fsp3) is 0.900. The highest BCUT2D eigenvalue weighted by Crippen LogP contribution is 2.14. The van der Waals surface area contributed by atoms with Crippen LogP contribution in [0.15, 0.2) is 0 Å². The van der Waals surface area contributed by atoms with Crippen LogP contribution in [0.5, 0.6) is 0 Å². The molecule has 0 bridgehead atoms. The molecule has 1 saturated heterocycles. The second-order valence-corrected chi connectivity index (χ2v) is 3.76. The van der Waals surface area contributed by atoms with Gasteiger partial charge in [0.05, 0.1) is 24.3 Å². The Labute approximate surface area is 80.3 Å². The molecule has 1 rings (SSSR count). The van der Waals surface area contributed by atoms with Gasteiger partial charge in [-0.25, -0.2) is 0 Å². The van der Waals surface area contributed by atoms with Gasteiger partial charge in [0, 0.05) is 13.1 Å². The second-order valence-electron chi connectivity index (χ2n) is 3.76. The lowest BCUT2D eigenvalue weighted by molar-refractivity contribution is -0.0747. The lowest BCUT2D eigenvalue weighted by Gasteiger charge is -2.37. The Morgan fingerprint density at radius 3 is 2.38 bits per heavy atom. The van der Waals surface area contributed by atoms with Gasteiger partial charge in [-0.1, -0.05) is 6.92 Å². The van der Waals surface area contributed by atoms with Crippen LogP contribution >= 0.6 is 0 Å². The normalized spacial score (nSPS) is 32.5. The number of nitrogens with zero attached hydrogens (tertiary/aromatic N) is 2. The highest BCUT2D eigenvalue weighted by molar-refractivity contribution is 4.93. The maximum atomic E-state index is 8.92. The second kappa shape index (κ2) is 4.59. The molecular formula is C10H18N2O. The molecule has 13 heavy (non-hydrogen) atoms. The minimum Gasteiger partial charge on any atom is -0.373 e. The van der Waals surface area contributed by atoms with Gasteiger partial charge in [0.25, 0.3) is 0 Å². The Balaban J connectivity index is 2.54. The van der Waals surface area contributed by atoms with Crippen LogP contribution < -0.4 is 0 Å². The first-order valence-electron chi connectivity index (χ1n) is 4.96. The third-order valence-electron chi connectivity index (χ3n) is 2.42. The highest BCUT2D eigenvalue weighted by atomic mass is 16.5. The molecule has 74 valence electrons. The van der Waals surface area contributed by atoms with Crippen LogP contribution in [0, 0.1) is 11.3 Å². The van der Waals surface area contributed by atoms with Crippen LogP contribution in [0.1, 0.15) is 27.2 Å². The van der Waals surface area contributed by atoms with E-state index in [1.807, 2.05) is 0 Å². The van der Waals surface area contributed by atoms with Gasteiger partial charge >= 0.3 is 0 Å². The third-order valence-corrected chi connectivity index (χ3v) is 2.42. The van der Waals surface area contributed by atoms with E-state index in [1.165, 1.54) is 0 Å². The van der Waals surface area contributed by atoms with Crippen molar-refractivity contribution >= 4 is 0 Å². The summed E-state index contributed by atoms with van der Waals surface area (Å²) in [5.74, 6) is 0. The minimum absolute atomic E-state index is 0.0637. The van der Waals surface area contributed by atoms with Gasteiger partial charge in [0.15, 0.2) is 0 Å². The summed E-state index contributed by atoms with van der Waals surface area (Å²) in [6.07, 6.45) is 1.41. The molecule has 1 heterocycles. The Morgan fingerprint density at radius 2 is 2.00 bits per heavy atom. The highest BCUT2D eigenvalue weighted by Gasteiger charge is 2.26. The Kier molecular flexibility index (Phi) is 3.71. The number of morpholine rings is 1. The van der Waals surface area contributed by atoms with Crippen molar-refractivity contribution in [1.82, 2.24) is 4.90 Å². The maximum Gasteiger partial charge on any atom is 0.0977 e. The van der Waals surface area contributed by atoms with E-state index in [0.717, 1.165) is 19.5 Å². The van der Waals surface area contributed by atoms with Crippen molar-refractivity contribution in [2.45, 2.75) is 45.4 Å². The summed E-state index contributed by atoms with van der Waals surface area (Å²) in [5, 5.41) is 8.92. The Morgan fingerprint density at radius 1 is 1.46 bits per heavy atom. The van der Waals surface area contributed by atoms with Crippen LogP contribution in [0.2, 0.25) is 0 Å². The molecule has 0 N–H and O–H groups in total. The first-order valence-corrected chi connectivity index (χ1v) is 4.96. The summed E-state index contributed by atoms with van der Waals surface area (Å²) < 4.78 is 5.60. The van der Waals surface area contributed by atoms with E-state index >= 15 is 0 Å².